The Labute approximate surface area is 145 Å². The van der Waals surface area contributed by atoms with Gasteiger partial charge in [-0.2, -0.15) is 0 Å². The SMILES string of the molecule is COc1ccc(C(=O)NC2CC(C)(C)Oc3ccc(N)cc32)c(F)c1. The minimum Gasteiger partial charge on any atom is -0.497 e. The first-order chi connectivity index (χ1) is 11.8. The third-order valence-corrected chi connectivity index (χ3v) is 4.22. The van der Waals surface area contributed by atoms with Crippen molar-refractivity contribution in [2.75, 3.05) is 12.8 Å². The van der Waals surface area contributed by atoms with Crippen LogP contribution in [0.2, 0.25) is 0 Å². The minimum absolute atomic E-state index is 0.0319. The van der Waals surface area contributed by atoms with E-state index in [0.29, 0.717) is 23.6 Å². The van der Waals surface area contributed by atoms with E-state index in [1.165, 1.54) is 19.2 Å². The smallest absolute Gasteiger partial charge is 0.254 e. The van der Waals surface area contributed by atoms with Crippen molar-refractivity contribution in [2.24, 2.45) is 0 Å². The number of nitrogen functional groups attached to an aromatic ring is 1. The second-order valence-electron chi connectivity index (χ2n) is 6.73. The second kappa shape index (κ2) is 6.27. The summed E-state index contributed by atoms with van der Waals surface area (Å²) in [7, 11) is 1.44. The summed E-state index contributed by atoms with van der Waals surface area (Å²) in [6.45, 7) is 3.89. The molecular weight excluding hydrogens is 323 g/mol. The summed E-state index contributed by atoms with van der Waals surface area (Å²) in [4.78, 5) is 12.6. The number of ether oxygens (including phenoxy) is 2. The molecule has 6 heteroatoms. The predicted molar refractivity (Wildman–Crippen MR) is 93.3 cm³/mol. The van der Waals surface area contributed by atoms with Crippen LogP contribution >= 0.6 is 0 Å². The molecule has 2 aromatic rings. The molecule has 1 aliphatic rings. The van der Waals surface area contributed by atoms with Gasteiger partial charge in [0.05, 0.1) is 18.7 Å². The van der Waals surface area contributed by atoms with Gasteiger partial charge in [0.25, 0.3) is 5.91 Å². The number of amides is 1. The molecule has 132 valence electrons. The zero-order valence-electron chi connectivity index (χ0n) is 14.4. The molecular formula is C19H21FN2O3. The van der Waals surface area contributed by atoms with Gasteiger partial charge in [-0.25, -0.2) is 4.39 Å². The molecule has 0 fully saturated rings. The van der Waals surface area contributed by atoms with Crippen LogP contribution in [0.25, 0.3) is 0 Å². The molecule has 0 radical (unpaired) electrons. The number of methoxy groups -OCH3 is 1. The van der Waals surface area contributed by atoms with Gasteiger partial charge in [-0.05, 0) is 44.2 Å². The first kappa shape index (κ1) is 17.1. The van der Waals surface area contributed by atoms with E-state index in [1.807, 2.05) is 13.8 Å². The summed E-state index contributed by atoms with van der Waals surface area (Å²) in [5.74, 6) is -0.0856. The van der Waals surface area contributed by atoms with Crippen LogP contribution in [0.4, 0.5) is 10.1 Å². The lowest BCUT2D eigenvalue weighted by molar-refractivity contribution is 0.0619. The van der Waals surface area contributed by atoms with Gasteiger partial charge in [0.2, 0.25) is 0 Å². The molecule has 1 aliphatic heterocycles. The van der Waals surface area contributed by atoms with Crippen LogP contribution in [0.15, 0.2) is 36.4 Å². The van der Waals surface area contributed by atoms with Crippen LogP contribution in [-0.4, -0.2) is 18.6 Å². The van der Waals surface area contributed by atoms with Crippen molar-refractivity contribution in [1.29, 1.82) is 0 Å². The Bertz CT molecular complexity index is 820. The lowest BCUT2D eigenvalue weighted by atomic mass is 9.89. The molecule has 3 rings (SSSR count). The van der Waals surface area contributed by atoms with Crippen molar-refractivity contribution in [2.45, 2.75) is 31.9 Å². The molecule has 0 bridgehead atoms. The van der Waals surface area contributed by atoms with Crippen molar-refractivity contribution in [3.8, 4) is 11.5 Å². The average molecular weight is 344 g/mol. The van der Waals surface area contributed by atoms with E-state index in [1.54, 1.807) is 24.3 Å². The van der Waals surface area contributed by atoms with E-state index in [4.69, 9.17) is 15.2 Å². The van der Waals surface area contributed by atoms with E-state index < -0.39 is 17.3 Å². The van der Waals surface area contributed by atoms with Gasteiger partial charge in [0.1, 0.15) is 22.9 Å². The molecule has 0 saturated heterocycles. The first-order valence-corrected chi connectivity index (χ1v) is 8.02. The van der Waals surface area contributed by atoms with Gasteiger partial charge < -0.3 is 20.5 Å². The van der Waals surface area contributed by atoms with Crippen molar-refractivity contribution < 1.29 is 18.7 Å². The topological polar surface area (TPSA) is 73.6 Å². The van der Waals surface area contributed by atoms with Crippen LogP contribution in [-0.2, 0) is 0 Å². The monoisotopic (exact) mass is 344 g/mol. The number of hydrogen-bond acceptors (Lipinski definition) is 4. The number of nitrogens with one attached hydrogen (secondary N) is 1. The Kier molecular flexibility index (Phi) is 4.29. The highest BCUT2D eigenvalue weighted by molar-refractivity contribution is 5.95. The van der Waals surface area contributed by atoms with Gasteiger partial charge in [-0.15, -0.1) is 0 Å². The molecule has 0 aliphatic carbocycles. The Balaban J connectivity index is 1.89. The Morgan fingerprint density at radius 1 is 1.32 bits per heavy atom. The molecule has 0 saturated carbocycles. The van der Waals surface area contributed by atoms with Crippen molar-refractivity contribution in [3.05, 3.63) is 53.3 Å². The maximum Gasteiger partial charge on any atom is 0.254 e. The molecule has 0 spiro atoms. The van der Waals surface area contributed by atoms with Crippen LogP contribution in [0.3, 0.4) is 0 Å². The van der Waals surface area contributed by atoms with Crippen LogP contribution in [0.5, 0.6) is 11.5 Å². The average Bonchev–Trinajstić information content (AvgIpc) is 2.54. The third kappa shape index (κ3) is 3.52. The zero-order valence-corrected chi connectivity index (χ0v) is 14.4. The number of anilines is 1. The van der Waals surface area contributed by atoms with E-state index in [0.717, 1.165) is 5.56 Å². The van der Waals surface area contributed by atoms with Crippen molar-refractivity contribution in [3.63, 3.8) is 0 Å². The highest BCUT2D eigenvalue weighted by atomic mass is 19.1. The van der Waals surface area contributed by atoms with E-state index in [-0.39, 0.29) is 11.6 Å². The maximum atomic E-state index is 14.2. The number of rotatable bonds is 3. The van der Waals surface area contributed by atoms with Crippen molar-refractivity contribution >= 4 is 11.6 Å². The van der Waals surface area contributed by atoms with Gasteiger partial charge >= 0.3 is 0 Å². The van der Waals surface area contributed by atoms with E-state index in [9.17, 15) is 9.18 Å². The largest absolute Gasteiger partial charge is 0.497 e. The summed E-state index contributed by atoms with van der Waals surface area (Å²) in [6.07, 6.45) is 0.549. The summed E-state index contributed by atoms with van der Waals surface area (Å²) in [5, 5.41) is 2.90. The van der Waals surface area contributed by atoms with Gasteiger partial charge in [-0.3, -0.25) is 4.79 Å². The molecule has 1 unspecified atom stereocenters. The molecule has 5 nitrogen and oxygen atoms in total. The Morgan fingerprint density at radius 2 is 2.08 bits per heavy atom. The summed E-state index contributed by atoms with van der Waals surface area (Å²) in [5.41, 5.74) is 6.75. The fourth-order valence-corrected chi connectivity index (χ4v) is 3.04. The molecule has 0 aromatic heterocycles. The number of fused-ring (bicyclic) bond motifs is 1. The maximum absolute atomic E-state index is 14.2. The number of carbonyl (C=O) groups is 1. The predicted octanol–water partition coefficient (Wildman–Crippen LogP) is 3.45. The van der Waals surface area contributed by atoms with Gasteiger partial charge in [0.15, 0.2) is 0 Å². The lowest BCUT2D eigenvalue weighted by Crippen LogP contribution is -2.41. The van der Waals surface area contributed by atoms with Crippen LogP contribution < -0.4 is 20.5 Å². The molecule has 1 atom stereocenters. The number of hydrogen-bond donors (Lipinski definition) is 2. The number of halogens is 1. The van der Waals surface area contributed by atoms with Crippen LogP contribution in [0, 0.1) is 5.82 Å². The standard InChI is InChI=1S/C19H21FN2O3/c1-19(2)10-16(14-8-11(21)4-7-17(14)25-19)22-18(23)13-6-5-12(24-3)9-15(13)20/h4-9,16H,10,21H2,1-3H3,(H,22,23). The van der Waals surface area contributed by atoms with Gasteiger partial charge in [-0.1, -0.05) is 0 Å². The minimum atomic E-state index is -0.629. The fraction of sp³-hybridized carbons (Fsp3) is 0.316. The molecule has 1 heterocycles. The zero-order chi connectivity index (χ0) is 18.2. The normalized spacial score (nSPS) is 18.0. The highest BCUT2D eigenvalue weighted by Gasteiger charge is 2.35. The number of carbonyl (C=O) groups excluding carboxylic acids is 1. The second-order valence-corrected chi connectivity index (χ2v) is 6.73. The van der Waals surface area contributed by atoms with Gasteiger partial charge in [0, 0.05) is 23.7 Å². The quantitative estimate of drug-likeness (QED) is 0.837. The van der Waals surface area contributed by atoms with Crippen molar-refractivity contribution in [1.82, 2.24) is 5.32 Å². The highest BCUT2D eigenvalue weighted by Crippen LogP contribution is 2.40. The molecule has 25 heavy (non-hydrogen) atoms. The van der Waals surface area contributed by atoms with E-state index >= 15 is 0 Å². The summed E-state index contributed by atoms with van der Waals surface area (Å²) < 4.78 is 25.1. The fourth-order valence-electron chi connectivity index (χ4n) is 3.04. The number of nitrogens with two attached hydrogens (primary N) is 1. The Morgan fingerprint density at radius 3 is 2.76 bits per heavy atom. The van der Waals surface area contributed by atoms with E-state index in [2.05, 4.69) is 5.32 Å². The summed E-state index contributed by atoms with van der Waals surface area (Å²) >= 11 is 0. The lowest BCUT2D eigenvalue weighted by Gasteiger charge is -2.38. The molecule has 2 aromatic carbocycles. The molecule has 3 N–H and O–H groups in total. The van der Waals surface area contributed by atoms with Crippen LogP contribution in [0.1, 0.15) is 42.2 Å². The summed E-state index contributed by atoms with van der Waals surface area (Å²) in [6, 6.07) is 9.15. The first-order valence-electron chi connectivity index (χ1n) is 8.02. The third-order valence-electron chi connectivity index (χ3n) is 4.22. The Hall–Kier alpha value is -2.76. The molecule has 1 amide bonds. The number of benzene rings is 2.